The Bertz CT molecular complexity index is 1020. The molecule has 1 fully saturated rings. The highest BCUT2D eigenvalue weighted by molar-refractivity contribution is 7.98. The van der Waals surface area contributed by atoms with Crippen molar-refractivity contribution in [1.29, 1.82) is 0 Å². The van der Waals surface area contributed by atoms with Crippen LogP contribution >= 0.6 is 11.8 Å². The molecule has 152 valence electrons. The minimum atomic E-state index is -0.150. The Morgan fingerprint density at radius 1 is 1.21 bits per heavy atom. The molecule has 1 aromatic carbocycles. The summed E-state index contributed by atoms with van der Waals surface area (Å²) in [7, 11) is 1.76. The molecule has 1 aromatic heterocycles. The van der Waals surface area contributed by atoms with Gasteiger partial charge in [0.15, 0.2) is 5.75 Å². The minimum absolute atomic E-state index is 0.150. The first-order valence-corrected chi connectivity index (χ1v) is 11.3. The third-order valence-corrected chi connectivity index (χ3v) is 6.05. The zero-order valence-corrected chi connectivity index (χ0v) is 18.0. The maximum absolute atomic E-state index is 12.7. The largest absolute Gasteiger partial charge is 0.493 e. The Labute approximate surface area is 176 Å². The molecule has 0 spiro atoms. The summed E-state index contributed by atoms with van der Waals surface area (Å²) in [5.74, 6) is 3.08. The highest BCUT2D eigenvalue weighted by atomic mass is 32.2. The van der Waals surface area contributed by atoms with E-state index in [1.165, 1.54) is 12.8 Å². The number of pyridine rings is 1. The first kappa shape index (κ1) is 19.9. The van der Waals surface area contributed by atoms with E-state index in [4.69, 9.17) is 9.47 Å². The highest BCUT2D eigenvalue weighted by Crippen LogP contribution is 2.36. The van der Waals surface area contributed by atoms with Crippen LogP contribution < -0.4 is 15.0 Å². The number of hydrogen-bond acceptors (Lipinski definition) is 4. The lowest BCUT2D eigenvalue weighted by molar-refractivity contribution is 0.301. The predicted molar refractivity (Wildman–Crippen MR) is 119 cm³/mol. The van der Waals surface area contributed by atoms with Gasteiger partial charge in [0.2, 0.25) is 0 Å². The van der Waals surface area contributed by atoms with Crippen molar-refractivity contribution in [1.82, 2.24) is 4.57 Å². The number of hydrogen-bond donors (Lipinski definition) is 0. The van der Waals surface area contributed by atoms with E-state index in [2.05, 4.69) is 31.4 Å². The van der Waals surface area contributed by atoms with Gasteiger partial charge in [0.25, 0.3) is 5.56 Å². The summed E-state index contributed by atoms with van der Waals surface area (Å²) in [5, 5.41) is 0. The molecular formula is C24H27NO3S. The van der Waals surface area contributed by atoms with Gasteiger partial charge in [-0.2, -0.15) is 0 Å². The van der Waals surface area contributed by atoms with Gasteiger partial charge in [-0.05, 0) is 73.8 Å². The molecule has 1 unspecified atom stereocenters. The summed E-state index contributed by atoms with van der Waals surface area (Å²) in [6.07, 6.45) is 13.4. The molecule has 1 saturated carbocycles. The smallest absolute Gasteiger partial charge is 0.293 e. The van der Waals surface area contributed by atoms with Crippen LogP contribution in [-0.2, 0) is 7.05 Å². The molecule has 0 bridgehead atoms. The first-order valence-electron chi connectivity index (χ1n) is 10.1. The van der Waals surface area contributed by atoms with Crippen molar-refractivity contribution in [3.8, 4) is 22.6 Å². The van der Waals surface area contributed by atoms with Crippen molar-refractivity contribution < 1.29 is 9.47 Å². The average molecular weight is 410 g/mol. The fourth-order valence-electron chi connectivity index (χ4n) is 3.29. The van der Waals surface area contributed by atoms with Crippen molar-refractivity contribution in [2.75, 3.05) is 12.9 Å². The van der Waals surface area contributed by atoms with Crippen molar-refractivity contribution in [2.24, 2.45) is 18.9 Å². The molecule has 0 radical (unpaired) electrons. The zero-order valence-electron chi connectivity index (χ0n) is 17.2. The van der Waals surface area contributed by atoms with E-state index in [9.17, 15) is 4.79 Å². The van der Waals surface area contributed by atoms with Gasteiger partial charge in [-0.15, -0.1) is 11.8 Å². The van der Waals surface area contributed by atoms with Crippen LogP contribution in [0.15, 0.2) is 64.1 Å². The number of ether oxygens (including phenoxy) is 2. The Morgan fingerprint density at radius 2 is 2.03 bits per heavy atom. The number of thioether (sulfide) groups is 1. The zero-order chi connectivity index (χ0) is 20.4. The van der Waals surface area contributed by atoms with Crippen LogP contribution in [-0.4, -0.2) is 17.4 Å². The lowest BCUT2D eigenvalue weighted by Gasteiger charge is -2.16. The number of aryl methyl sites for hydroxylation is 1. The van der Waals surface area contributed by atoms with Crippen LogP contribution in [0.1, 0.15) is 26.2 Å². The van der Waals surface area contributed by atoms with Crippen molar-refractivity contribution in [3.05, 3.63) is 64.8 Å². The summed E-state index contributed by atoms with van der Waals surface area (Å²) in [6.45, 7) is 2.90. The van der Waals surface area contributed by atoms with Crippen molar-refractivity contribution in [2.45, 2.75) is 31.1 Å². The molecule has 29 heavy (non-hydrogen) atoms. The fourth-order valence-corrected chi connectivity index (χ4v) is 3.73. The van der Waals surface area contributed by atoms with Gasteiger partial charge in [-0.25, -0.2) is 0 Å². The van der Waals surface area contributed by atoms with E-state index >= 15 is 0 Å². The van der Waals surface area contributed by atoms with Crippen LogP contribution in [0.4, 0.5) is 0 Å². The van der Waals surface area contributed by atoms with Gasteiger partial charge in [0.05, 0.1) is 6.61 Å². The molecule has 0 N–H and O–H groups in total. The molecule has 2 aliphatic rings. The first-order chi connectivity index (χ1) is 14.0. The van der Waals surface area contributed by atoms with Crippen LogP contribution in [0.2, 0.25) is 0 Å². The van der Waals surface area contributed by atoms with Gasteiger partial charge in [0, 0.05) is 29.3 Å². The summed E-state index contributed by atoms with van der Waals surface area (Å²) in [4.78, 5) is 13.8. The normalized spacial score (nSPS) is 18.4. The molecule has 1 heterocycles. The lowest BCUT2D eigenvalue weighted by Crippen LogP contribution is -2.19. The van der Waals surface area contributed by atoms with Crippen molar-refractivity contribution >= 4 is 11.8 Å². The second-order valence-electron chi connectivity index (χ2n) is 7.91. The standard InChI is InChI=1S/C24H27NO3S/c1-16-4-8-19(9-5-16)28-23-12-18(14-25(2)24(23)26)21-13-20(29-3)10-11-22(21)27-15-17-6-7-17/h4,8-14,16-17H,5-7,15H2,1-3H3. The number of nitrogens with zero attached hydrogens (tertiary/aromatic N) is 1. The molecule has 5 heteroatoms. The summed E-state index contributed by atoms with van der Waals surface area (Å²) >= 11 is 1.69. The predicted octanol–water partition coefficient (Wildman–Crippen LogP) is 5.42. The van der Waals surface area contributed by atoms with Gasteiger partial charge in [-0.3, -0.25) is 4.79 Å². The fraction of sp³-hybridized carbons (Fsp3) is 0.375. The summed E-state index contributed by atoms with van der Waals surface area (Å²) in [5.41, 5.74) is 1.75. The topological polar surface area (TPSA) is 40.5 Å². The Morgan fingerprint density at radius 3 is 2.72 bits per heavy atom. The van der Waals surface area contributed by atoms with Crippen LogP contribution in [0.5, 0.6) is 11.5 Å². The molecule has 2 aromatic rings. The highest BCUT2D eigenvalue weighted by Gasteiger charge is 2.23. The minimum Gasteiger partial charge on any atom is -0.493 e. The van der Waals surface area contributed by atoms with E-state index in [0.717, 1.165) is 40.6 Å². The van der Waals surface area contributed by atoms with Gasteiger partial charge in [-0.1, -0.05) is 13.0 Å². The second-order valence-corrected chi connectivity index (χ2v) is 8.79. The number of aromatic nitrogens is 1. The molecular weight excluding hydrogens is 382 g/mol. The van der Waals surface area contributed by atoms with Crippen LogP contribution in [0.25, 0.3) is 11.1 Å². The Kier molecular flexibility index (Phi) is 5.86. The molecule has 4 nitrogen and oxygen atoms in total. The molecule has 4 rings (SSSR count). The Balaban J connectivity index is 1.70. The third-order valence-electron chi connectivity index (χ3n) is 5.33. The number of benzene rings is 1. The quantitative estimate of drug-likeness (QED) is 0.573. The number of allylic oxidation sites excluding steroid dienone is 3. The van der Waals surface area contributed by atoms with E-state index in [-0.39, 0.29) is 5.56 Å². The van der Waals surface area contributed by atoms with Gasteiger partial charge >= 0.3 is 0 Å². The molecule has 0 aliphatic heterocycles. The van der Waals surface area contributed by atoms with E-state index < -0.39 is 0 Å². The van der Waals surface area contributed by atoms with Crippen LogP contribution in [0, 0.1) is 11.8 Å². The molecule has 2 aliphatic carbocycles. The molecule has 1 atom stereocenters. The summed E-state index contributed by atoms with van der Waals surface area (Å²) in [6, 6.07) is 8.06. The molecule has 0 amide bonds. The van der Waals surface area contributed by atoms with Gasteiger partial charge < -0.3 is 14.0 Å². The SMILES string of the molecule is CSc1ccc(OCC2CC2)c(-c2cc(OC3=CCC(C)C=C3)c(=O)n(C)c2)c1. The van der Waals surface area contributed by atoms with E-state index in [1.54, 1.807) is 23.4 Å². The third kappa shape index (κ3) is 4.78. The lowest BCUT2D eigenvalue weighted by atomic mass is 10.0. The Hall–Kier alpha value is -2.40. The monoisotopic (exact) mass is 409 g/mol. The number of rotatable bonds is 7. The molecule has 0 saturated heterocycles. The van der Waals surface area contributed by atoms with E-state index in [0.29, 0.717) is 17.6 Å². The summed E-state index contributed by atoms with van der Waals surface area (Å²) < 4.78 is 13.7. The van der Waals surface area contributed by atoms with Crippen LogP contribution in [0.3, 0.4) is 0 Å². The maximum Gasteiger partial charge on any atom is 0.293 e. The van der Waals surface area contributed by atoms with E-state index in [1.807, 2.05) is 30.5 Å². The van der Waals surface area contributed by atoms with Gasteiger partial charge in [0.1, 0.15) is 11.5 Å². The maximum atomic E-state index is 12.7. The second kappa shape index (κ2) is 8.54. The average Bonchev–Trinajstić information content (AvgIpc) is 3.55. The van der Waals surface area contributed by atoms with Crippen molar-refractivity contribution in [3.63, 3.8) is 0 Å².